The van der Waals surface area contributed by atoms with Crippen LogP contribution < -0.4 is 15.4 Å². The number of hydrogen-bond donors (Lipinski definition) is 2. The van der Waals surface area contributed by atoms with Gasteiger partial charge in [-0.2, -0.15) is 0 Å². The Morgan fingerprint density at radius 1 is 1.23 bits per heavy atom. The Bertz CT molecular complexity index is 899. The van der Waals surface area contributed by atoms with Crippen molar-refractivity contribution < 1.29 is 19.1 Å². The van der Waals surface area contributed by atoms with Crippen LogP contribution in [0.2, 0.25) is 0 Å². The number of aromatic nitrogens is 1. The molecule has 1 aliphatic heterocycles. The first-order valence-corrected chi connectivity index (χ1v) is 11.2. The fourth-order valence-corrected chi connectivity index (χ4v) is 4.09. The Kier molecular flexibility index (Phi) is 7.62. The number of benzene rings is 1. The van der Waals surface area contributed by atoms with E-state index in [2.05, 4.69) is 15.6 Å². The number of rotatable bonds is 7. The van der Waals surface area contributed by atoms with Crippen LogP contribution in [0.5, 0.6) is 5.75 Å². The summed E-state index contributed by atoms with van der Waals surface area (Å²) in [5.41, 5.74) is 0.457. The van der Waals surface area contributed by atoms with Gasteiger partial charge in [-0.05, 0) is 43.0 Å². The van der Waals surface area contributed by atoms with Gasteiger partial charge in [0.25, 0.3) is 5.91 Å². The Morgan fingerprint density at radius 3 is 2.58 bits per heavy atom. The number of amides is 3. The zero-order valence-corrected chi connectivity index (χ0v) is 18.8. The first-order valence-electron chi connectivity index (χ1n) is 10.3. The van der Waals surface area contributed by atoms with Crippen LogP contribution in [0.4, 0.5) is 5.13 Å². The number of carbonyl (C=O) groups is 3. The zero-order valence-electron chi connectivity index (χ0n) is 18.0. The molecule has 0 saturated carbocycles. The van der Waals surface area contributed by atoms with Crippen LogP contribution in [0.15, 0.2) is 35.8 Å². The lowest BCUT2D eigenvalue weighted by molar-refractivity contribution is -0.137. The highest BCUT2D eigenvalue weighted by molar-refractivity contribution is 7.13. The minimum atomic E-state index is -0.671. The van der Waals surface area contributed by atoms with Gasteiger partial charge in [0.15, 0.2) is 5.13 Å². The molecule has 0 aliphatic carbocycles. The van der Waals surface area contributed by atoms with Crippen LogP contribution in [0, 0.1) is 11.8 Å². The highest BCUT2D eigenvalue weighted by Gasteiger charge is 2.34. The molecule has 3 rings (SSSR count). The van der Waals surface area contributed by atoms with Gasteiger partial charge in [-0.1, -0.05) is 13.8 Å². The average Bonchev–Trinajstić information content (AvgIpc) is 3.29. The number of likely N-dealkylation sites (tertiary alicyclic amines) is 1. The number of nitrogens with zero attached hydrogens (tertiary/aromatic N) is 2. The molecule has 1 aromatic heterocycles. The number of hydrogen-bond acceptors (Lipinski definition) is 6. The molecule has 1 fully saturated rings. The minimum Gasteiger partial charge on any atom is -0.497 e. The quantitative estimate of drug-likeness (QED) is 0.684. The number of carbonyl (C=O) groups excluding carboxylic acids is 3. The third kappa shape index (κ3) is 5.81. The standard InChI is InChI=1S/C22H28N4O4S/c1-14(2)18(24-19(27)15-6-8-17(30-3)9-7-15)21(29)26-11-4-5-16(13-26)20(28)25-22-23-10-12-31-22/h6-10,12,14,16,18H,4-5,11,13H2,1-3H3,(H,24,27)(H,23,25,28). The SMILES string of the molecule is COc1ccc(C(=O)NC(C(=O)N2CCCC(C(=O)Nc3nccs3)C2)C(C)C)cc1. The second-order valence-electron chi connectivity index (χ2n) is 7.87. The second kappa shape index (κ2) is 10.4. The highest BCUT2D eigenvalue weighted by Crippen LogP contribution is 2.21. The lowest BCUT2D eigenvalue weighted by Gasteiger charge is -2.35. The predicted molar refractivity (Wildman–Crippen MR) is 119 cm³/mol. The van der Waals surface area contributed by atoms with E-state index in [-0.39, 0.29) is 29.6 Å². The Morgan fingerprint density at radius 2 is 1.97 bits per heavy atom. The third-order valence-corrected chi connectivity index (χ3v) is 6.03. The molecule has 3 amide bonds. The molecule has 9 heteroatoms. The summed E-state index contributed by atoms with van der Waals surface area (Å²) < 4.78 is 5.12. The van der Waals surface area contributed by atoms with Crippen molar-refractivity contribution >= 4 is 34.2 Å². The summed E-state index contributed by atoms with van der Waals surface area (Å²) in [4.78, 5) is 44.3. The average molecular weight is 445 g/mol. The van der Waals surface area contributed by atoms with E-state index in [1.54, 1.807) is 47.9 Å². The van der Waals surface area contributed by atoms with Crippen molar-refractivity contribution in [2.24, 2.45) is 11.8 Å². The zero-order chi connectivity index (χ0) is 22.4. The molecular weight excluding hydrogens is 416 g/mol. The first kappa shape index (κ1) is 22.7. The molecule has 1 aliphatic rings. The van der Waals surface area contributed by atoms with Crippen molar-refractivity contribution in [2.45, 2.75) is 32.7 Å². The molecule has 0 radical (unpaired) electrons. The van der Waals surface area contributed by atoms with E-state index in [1.807, 2.05) is 13.8 Å². The number of anilines is 1. The lowest BCUT2D eigenvalue weighted by Crippen LogP contribution is -2.54. The molecular formula is C22H28N4O4S. The van der Waals surface area contributed by atoms with E-state index in [1.165, 1.54) is 11.3 Å². The van der Waals surface area contributed by atoms with Crippen LogP contribution >= 0.6 is 11.3 Å². The van der Waals surface area contributed by atoms with Gasteiger partial charge in [0, 0.05) is 30.2 Å². The molecule has 166 valence electrons. The monoisotopic (exact) mass is 444 g/mol. The van der Waals surface area contributed by atoms with Gasteiger partial charge in [-0.25, -0.2) is 4.98 Å². The molecule has 8 nitrogen and oxygen atoms in total. The van der Waals surface area contributed by atoms with E-state index in [9.17, 15) is 14.4 Å². The second-order valence-corrected chi connectivity index (χ2v) is 8.77. The van der Waals surface area contributed by atoms with E-state index >= 15 is 0 Å². The maximum absolute atomic E-state index is 13.2. The van der Waals surface area contributed by atoms with Gasteiger partial charge < -0.3 is 20.3 Å². The summed E-state index contributed by atoms with van der Waals surface area (Å²) >= 11 is 1.36. The predicted octanol–water partition coefficient (Wildman–Crippen LogP) is 2.78. The number of methoxy groups -OCH3 is 1. The fourth-order valence-electron chi connectivity index (χ4n) is 3.56. The molecule has 1 saturated heterocycles. The van der Waals surface area contributed by atoms with Gasteiger partial charge in [0.1, 0.15) is 11.8 Å². The Hall–Kier alpha value is -2.94. The van der Waals surface area contributed by atoms with E-state index < -0.39 is 6.04 Å². The van der Waals surface area contributed by atoms with E-state index in [4.69, 9.17) is 4.74 Å². The van der Waals surface area contributed by atoms with Crippen LogP contribution in [-0.2, 0) is 9.59 Å². The first-order chi connectivity index (χ1) is 14.9. The Balaban J connectivity index is 1.64. The maximum Gasteiger partial charge on any atom is 0.251 e. The van der Waals surface area contributed by atoms with E-state index in [0.717, 1.165) is 6.42 Å². The van der Waals surface area contributed by atoms with Crippen LogP contribution in [0.25, 0.3) is 0 Å². The molecule has 2 aromatic rings. The molecule has 2 unspecified atom stereocenters. The van der Waals surface area contributed by atoms with Crippen LogP contribution in [0.1, 0.15) is 37.0 Å². The summed E-state index contributed by atoms with van der Waals surface area (Å²) in [5, 5.41) is 8.04. The van der Waals surface area contributed by atoms with Gasteiger partial charge >= 0.3 is 0 Å². The molecule has 2 atom stereocenters. The molecule has 2 N–H and O–H groups in total. The van der Waals surface area contributed by atoms with E-state index in [0.29, 0.717) is 36.0 Å². The maximum atomic E-state index is 13.2. The third-order valence-electron chi connectivity index (χ3n) is 5.34. The number of nitrogens with one attached hydrogen (secondary N) is 2. The highest BCUT2D eigenvalue weighted by atomic mass is 32.1. The van der Waals surface area contributed by atoms with Crippen molar-refractivity contribution in [2.75, 3.05) is 25.5 Å². The van der Waals surface area contributed by atoms with Crippen molar-refractivity contribution in [3.63, 3.8) is 0 Å². The van der Waals surface area contributed by atoms with Crippen molar-refractivity contribution in [3.8, 4) is 5.75 Å². The summed E-state index contributed by atoms with van der Waals surface area (Å²) in [6.45, 7) is 4.69. The lowest BCUT2D eigenvalue weighted by atomic mass is 9.95. The molecule has 31 heavy (non-hydrogen) atoms. The minimum absolute atomic E-state index is 0.0979. The topological polar surface area (TPSA) is 101 Å². The number of piperidine rings is 1. The van der Waals surface area contributed by atoms with Gasteiger partial charge in [0.2, 0.25) is 11.8 Å². The summed E-state index contributed by atoms with van der Waals surface area (Å²) in [6.07, 6.45) is 3.08. The molecule has 1 aromatic carbocycles. The van der Waals surface area contributed by atoms with Crippen LogP contribution in [0.3, 0.4) is 0 Å². The number of thiazole rings is 1. The molecule has 0 bridgehead atoms. The summed E-state index contributed by atoms with van der Waals surface area (Å²) in [6, 6.07) is 6.07. The van der Waals surface area contributed by atoms with Gasteiger partial charge in [-0.15, -0.1) is 11.3 Å². The van der Waals surface area contributed by atoms with Crippen molar-refractivity contribution in [1.82, 2.24) is 15.2 Å². The van der Waals surface area contributed by atoms with Gasteiger partial charge in [-0.3, -0.25) is 14.4 Å². The molecule has 2 heterocycles. The smallest absolute Gasteiger partial charge is 0.251 e. The van der Waals surface area contributed by atoms with Gasteiger partial charge in [0.05, 0.1) is 13.0 Å². The van der Waals surface area contributed by atoms with Crippen LogP contribution in [-0.4, -0.2) is 53.8 Å². The normalized spacial score (nSPS) is 17.2. The van der Waals surface area contributed by atoms with Crippen molar-refractivity contribution in [1.29, 1.82) is 0 Å². The largest absolute Gasteiger partial charge is 0.497 e. The van der Waals surface area contributed by atoms with Crippen molar-refractivity contribution in [3.05, 3.63) is 41.4 Å². The summed E-state index contributed by atoms with van der Waals surface area (Å²) in [7, 11) is 1.56. The number of ether oxygens (including phenoxy) is 1. The molecule has 0 spiro atoms. The Labute approximate surface area is 186 Å². The fraction of sp³-hybridized carbons (Fsp3) is 0.455. The summed E-state index contributed by atoms with van der Waals surface area (Å²) in [5.74, 6) is -0.349.